The molecule has 0 fully saturated rings. The van der Waals surface area contributed by atoms with E-state index in [2.05, 4.69) is 11.2 Å². The van der Waals surface area contributed by atoms with Crippen molar-refractivity contribution in [1.82, 2.24) is 5.32 Å². The minimum atomic E-state index is -0.803. The normalized spacial score (nSPS) is 11.1. The van der Waals surface area contributed by atoms with Crippen molar-refractivity contribution in [2.45, 2.75) is 19.4 Å². The molecular weight excluding hydrogens is 230 g/mol. The molecule has 1 atom stereocenters. The molecule has 18 heavy (non-hydrogen) atoms. The number of benzene rings is 1. The van der Waals surface area contributed by atoms with Gasteiger partial charge in [-0.1, -0.05) is 18.2 Å². The third kappa shape index (κ3) is 3.95. The molecule has 1 amide bonds. The number of hydrogen-bond acceptors (Lipinski definition) is 3. The number of ether oxygens (including phenoxy) is 1. The Hall–Kier alpha value is -2.28. The molecule has 0 bridgehead atoms. The van der Waals surface area contributed by atoms with Gasteiger partial charge in [0.1, 0.15) is 6.04 Å². The summed E-state index contributed by atoms with van der Waals surface area (Å²) in [6.07, 6.45) is 5.28. The van der Waals surface area contributed by atoms with Crippen LogP contribution in [0.1, 0.15) is 23.7 Å². The third-order valence-corrected chi connectivity index (χ3v) is 2.23. The second kappa shape index (κ2) is 7.13. The fraction of sp³-hybridized carbons (Fsp3) is 0.286. The smallest absolute Gasteiger partial charge is 0.329 e. The van der Waals surface area contributed by atoms with Crippen LogP contribution in [0.2, 0.25) is 0 Å². The summed E-state index contributed by atoms with van der Waals surface area (Å²) >= 11 is 0. The van der Waals surface area contributed by atoms with E-state index in [4.69, 9.17) is 11.2 Å². The summed E-state index contributed by atoms with van der Waals surface area (Å²) in [7, 11) is 0. The van der Waals surface area contributed by atoms with Gasteiger partial charge in [-0.15, -0.1) is 12.3 Å². The number of amides is 1. The van der Waals surface area contributed by atoms with E-state index in [1.165, 1.54) is 0 Å². The maximum Gasteiger partial charge on any atom is 0.329 e. The first-order valence-electron chi connectivity index (χ1n) is 5.65. The Morgan fingerprint density at radius 2 is 2.06 bits per heavy atom. The summed E-state index contributed by atoms with van der Waals surface area (Å²) in [5, 5.41) is 2.56. The minimum absolute atomic E-state index is 0.109. The van der Waals surface area contributed by atoms with Gasteiger partial charge in [0.15, 0.2) is 0 Å². The van der Waals surface area contributed by atoms with Crippen molar-refractivity contribution in [3.63, 3.8) is 0 Å². The van der Waals surface area contributed by atoms with Gasteiger partial charge in [-0.25, -0.2) is 4.79 Å². The summed E-state index contributed by atoms with van der Waals surface area (Å²) in [5.41, 5.74) is 0.476. The van der Waals surface area contributed by atoms with Crippen LogP contribution in [-0.4, -0.2) is 24.5 Å². The van der Waals surface area contributed by atoms with E-state index < -0.39 is 12.0 Å². The number of hydrogen-bond donors (Lipinski definition) is 1. The average Bonchev–Trinajstić information content (AvgIpc) is 2.39. The predicted octanol–water partition coefficient (Wildman–Crippen LogP) is 1.37. The van der Waals surface area contributed by atoms with Crippen molar-refractivity contribution in [3.8, 4) is 12.3 Å². The molecule has 4 heteroatoms. The van der Waals surface area contributed by atoms with Crippen LogP contribution in [0.25, 0.3) is 0 Å². The maximum atomic E-state index is 11.9. The quantitative estimate of drug-likeness (QED) is 0.629. The van der Waals surface area contributed by atoms with Crippen molar-refractivity contribution >= 4 is 11.9 Å². The molecule has 1 aromatic carbocycles. The van der Waals surface area contributed by atoms with Gasteiger partial charge < -0.3 is 10.1 Å². The van der Waals surface area contributed by atoms with Gasteiger partial charge in [0.05, 0.1) is 6.61 Å². The molecule has 0 heterocycles. The van der Waals surface area contributed by atoms with Gasteiger partial charge in [-0.05, 0) is 19.1 Å². The Labute approximate surface area is 106 Å². The van der Waals surface area contributed by atoms with Gasteiger partial charge >= 0.3 is 5.97 Å². The largest absolute Gasteiger partial charge is 0.464 e. The van der Waals surface area contributed by atoms with Crippen molar-refractivity contribution in [3.05, 3.63) is 35.9 Å². The van der Waals surface area contributed by atoms with Gasteiger partial charge in [-0.2, -0.15) is 0 Å². The highest BCUT2D eigenvalue weighted by Crippen LogP contribution is 2.01. The highest BCUT2D eigenvalue weighted by Gasteiger charge is 2.21. The summed E-state index contributed by atoms with van der Waals surface area (Å²) in [6, 6.07) is 7.81. The molecule has 4 nitrogen and oxygen atoms in total. The summed E-state index contributed by atoms with van der Waals surface area (Å²) in [5.74, 6) is 1.49. The van der Waals surface area contributed by atoms with Crippen molar-refractivity contribution in [2.24, 2.45) is 0 Å². The van der Waals surface area contributed by atoms with Crippen LogP contribution in [0.15, 0.2) is 30.3 Å². The standard InChI is InChI=1S/C14H15NO3/c1-3-8-12(14(17)18-4-2)15-13(16)11-9-6-5-7-10-11/h1,5-7,9-10,12H,4,8H2,2H3,(H,15,16). The van der Waals surface area contributed by atoms with Crippen LogP contribution in [0.4, 0.5) is 0 Å². The summed E-state index contributed by atoms with van der Waals surface area (Å²) in [6.45, 7) is 1.95. The Morgan fingerprint density at radius 3 is 2.61 bits per heavy atom. The fourth-order valence-corrected chi connectivity index (χ4v) is 1.39. The lowest BCUT2D eigenvalue weighted by Gasteiger charge is -2.14. The second-order valence-corrected chi connectivity index (χ2v) is 3.55. The van der Waals surface area contributed by atoms with E-state index in [0.717, 1.165) is 0 Å². The number of nitrogens with one attached hydrogen (secondary N) is 1. The zero-order valence-electron chi connectivity index (χ0n) is 10.2. The molecule has 0 aliphatic heterocycles. The zero-order valence-corrected chi connectivity index (χ0v) is 10.2. The first-order chi connectivity index (χ1) is 8.69. The molecule has 1 aromatic rings. The number of rotatable bonds is 5. The Bertz CT molecular complexity index is 448. The first-order valence-corrected chi connectivity index (χ1v) is 5.65. The monoisotopic (exact) mass is 245 g/mol. The van der Waals surface area contributed by atoms with Gasteiger partial charge in [0.2, 0.25) is 0 Å². The molecule has 0 radical (unpaired) electrons. The highest BCUT2D eigenvalue weighted by atomic mass is 16.5. The fourth-order valence-electron chi connectivity index (χ4n) is 1.39. The van der Waals surface area contributed by atoms with Crippen LogP contribution in [-0.2, 0) is 9.53 Å². The lowest BCUT2D eigenvalue weighted by atomic mass is 10.1. The number of carbonyl (C=O) groups excluding carboxylic acids is 2. The molecule has 1 N–H and O–H groups in total. The molecule has 0 saturated heterocycles. The molecule has 0 aromatic heterocycles. The average molecular weight is 245 g/mol. The van der Waals surface area contributed by atoms with E-state index in [9.17, 15) is 9.59 Å². The molecule has 0 saturated carbocycles. The van der Waals surface area contributed by atoms with Crippen LogP contribution < -0.4 is 5.32 Å². The number of esters is 1. The van der Waals surface area contributed by atoms with E-state index >= 15 is 0 Å². The van der Waals surface area contributed by atoms with Gasteiger partial charge in [0, 0.05) is 12.0 Å². The van der Waals surface area contributed by atoms with E-state index in [0.29, 0.717) is 5.56 Å². The van der Waals surface area contributed by atoms with E-state index in [-0.39, 0.29) is 18.9 Å². The molecule has 94 valence electrons. The van der Waals surface area contributed by atoms with Crippen molar-refractivity contribution in [1.29, 1.82) is 0 Å². The Morgan fingerprint density at radius 1 is 1.39 bits per heavy atom. The minimum Gasteiger partial charge on any atom is -0.464 e. The van der Waals surface area contributed by atoms with Crippen molar-refractivity contribution < 1.29 is 14.3 Å². The van der Waals surface area contributed by atoms with E-state index in [1.807, 2.05) is 0 Å². The zero-order chi connectivity index (χ0) is 13.4. The molecule has 0 aliphatic carbocycles. The molecule has 0 spiro atoms. The van der Waals surface area contributed by atoms with Gasteiger partial charge in [0.25, 0.3) is 5.91 Å². The number of terminal acetylenes is 1. The first kappa shape index (κ1) is 13.8. The second-order valence-electron chi connectivity index (χ2n) is 3.55. The van der Waals surface area contributed by atoms with Crippen LogP contribution in [0, 0.1) is 12.3 Å². The summed E-state index contributed by atoms with van der Waals surface area (Å²) in [4.78, 5) is 23.4. The maximum absolute atomic E-state index is 11.9. The summed E-state index contributed by atoms with van der Waals surface area (Å²) < 4.78 is 4.84. The molecule has 0 aliphatic rings. The Kier molecular flexibility index (Phi) is 5.46. The number of carbonyl (C=O) groups is 2. The Balaban J connectivity index is 2.70. The van der Waals surface area contributed by atoms with Crippen LogP contribution >= 0.6 is 0 Å². The van der Waals surface area contributed by atoms with Crippen molar-refractivity contribution in [2.75, 3.05) is 6.61 Å². The SMILES string of the molecule is C#CCC(NC(=O)c1ccccc1)C(=O)OCC. The molecule has 1 rings (SSSR count). The van der Waals surface area contributed by atoms with E-state index in [1.54, 1.807) is 37.3 Å². The topological polar surface area (TPSA) is 55.4 Å². The molecular formula is C14H15NO3. The molecule has 1 unspecified atom stereocenters. The third-order valence-electron chi connectivity index (χ3n) is 2.23. The lowest BCUT2D eigenvalue weighted by molar-refractivity contribution is -0.145. The van der Waals surface area contributed by atoms with Crippen LogP contribution in [0.3, 0.4) is 0 Å². The highest BCUT2D eigenvalue weighted by molar-refractivity contribution is 5.96. The van der Waals surface area contributed by atoms with Gasteiger partial charge in [-0.3, -0.25) is 4.79 Å². The predicted molar refractivity (Wildman–Crippen MR) is 67.8 cm³/mol. The lowest BCUT2D eigenvalue weighted by Crippen LogP contribution is -2.41. The van der Waals surface area contributed by atoms with Crippen LogP contribution in [0.5, 0.6) is 0 Å².